The lowest BCUT2D eigenvalue weighted by Gasteiger charge is -2.44. The maximum Gasteiger partial charge on any atom is 0.412 e. The van der Waals surface area contributed by atoms with Crippen molar-refractivity contribution in [3.05, 3.63) is 41.0 Å². The number of methoxy groups -OCH3 is 2. The molecule has 0 radical (unpaired) electrons. The molecular formula is C37H47ClN2O13S2. The molecule has 0 aromatic heterocycles. The van der Waals surface area contributed by atoms with E-state index in [1.807, 2.05) is 12.1 Å². The quantitative estimate of drug-likeness (QED) is 0.0971. The van der Waals surface area contributed by atoms with Gasteiger partial charge in [0, 0.05) is 42.3 Å². The summed E-state index contributed by atoms with van der Waals surface area (Å²) in [4.78, 5) is 29.2. The molecule has 0 spiro atoms. The number of ether oxygens (including phenoxy) is 9. The first kappa shape index (κ1) is 40.3. The van der Waals surface area contributed by atoms with Gasteiger partial charge in [0.25, 0.3) is 0 Å². The summed E-state index contributed by atoms with van der Waals surface area (Å²) in [7, 11) is 6.15. The monoisotopic (exact) mass is 826 g/mol. The van der Waals surface area contributed by atoms with Gasteiger partial charge in [-0.25, -0.2) is 9.63 Å². The van der Waals surface area contributed by atoms with Gasteiger partial charge in [-0.3, -0.25) is 4.79 Å². The molecule has 6 unspecified atom stereocenters. The summed E-state index contributed by atoms with van der Waals surface area (Å²) >= 11 is 5.49. The summed E-state index contributed by atoms with van der Waals surface area (Å²) in [6.45, 7) is 3.35. The first-order valence-corrected chi connectivity index (χ1v) is 21.3. The number of aliphatic hydroxyl groups excluding tert-OH is 2. The van der Waals surface area contributed by atoms with Crippen LogP contribution in [0.15, 0.2) is 24.3 Å². The van der Waals surface area contributed by atoms with E-state index in [0.29, 0.717) is 55.4 Å². The van der Waals surface area contributed by atoms with E-state index in [1.165, 1.54) is 14.2 Å². The van der Waals surface area contributed by atoms with Crippen LogP contribution in [0, 0.1) is 17.8 Å². The molecular weight excluding hydrogens is 780 g/mol. The minimum atomic E-state index is -1.26. The number of hydrogen-bond acceptors (Lipinski definition) is 16. The van der Waals surface area contributed by atoms with Gasteiger partial charge >= 0.3 is 12.1 Å². The van der Waals surface area contributed by atoms with E-state index in [2.05, 4.69) is 10.2 Å². The number of nitrogens with one attached hydrogen (secondary N) is 2. The lowest BCUT2D eigenvalue weighted by atomic mass is 9.66. The second-order valence-electron chi connectivity index (χ2n) is 14.0. The molecule has 15 nitrogen and oxygen atoms in total. The van der Waals surface area contributed by atoms with E-state index < -0.39 is 66.6 Å². The Morgan fingerprint density at radius 3 is 2.36 bits per heavy atom. The van der Waals surface area contributed by atoms with Crippen LogP contribution in [-0.2, 0) is 23.7 Å². The number of carbonyl (C=O) groups excluding carboxylic acids is 2. The standard InChI is InChI=1S/C37H47ClN2O13S2/c1-18-47-15-19-5-4-6-24(31(41)32(42)33(19)51-18)52-34-22-14-26-25(49-17-50-26)13-21(22)29(30-23(34)16-48-36(30)43)20-11-27(45-2)35(28(12-20)46-3)53-37(44)39-7-9-54-55-10-8-40-38/h11-14,18-19,23-24,29-34,40-42H,4-10,15-17H2,1-3H3,(H,39,44)/t18?,19?,23-,24?,29+,30-,31?,32?,33?,34+/m0/s1. The Labute approximate surface area is 332 Å². The van der Waals surface area contributed by atoms with E-state index in [9.17, 15) is 19.8 Å². The van der Waals surface area contributed by atoms with Crippen molar-refractivity contribution < 1.29 is 62.4 Å². The van der Waals surface area contributed by atoms with Crippen molar-refractivity contribution >= 4 is 45.4 Å². The Morgan fingerprint density at radius 1 is 0.945 bits per heavy atom. The summed E-state index contributed by atoms with van der Waals surface area (Å²) < 4.78 is 53.1. The van der Waals surface area contributed by atoms with Crippen molar-refractivity contribution in [1.29, 1.82) is 0 Å². The first-order valence-electron chi connectivity index (χ1n) is 18.4. The van der Waals surface area contributed by atoms with Gasteiger partial charge < -0.3 is 58.2 Å². The lowest BCUT2D eigenvalue weighted by Crippen LogP contribution is -2.55. The number of halogens is 1. The maximum absolute atomic E-state index is 13.8. The minimum absolute atomic E-state index is 0.0281. The van der Waals surface area contributed by atoms with Gasteiger partial charge in [-0.15, -0.1) is 0 Å². The van der Waals surface area contributed by atoms with Crippen LogP contribution in [0.25, 0.3) is 0 Å². The fourth-order valence-electron chi connectivity index (χ4n) is 8.22. The Bertz CT molecular complexity index is 1670. The number of cyclic esters (lactones) is 1. The molecule has 4 N–H and O–H groups in total. The van der Waals surface area contributed by atoms with Gasteiger partial charge in [0.1, 0.15) is 12.2 Å². The molecule has 2 aromatic carbocycles. The second kappa shape index (κ2) is 18.2. The summed E-state index contributed by atoms with van der Waals surface area (Å²) in [6.07, 6.45) is -3.85. The number of fused-ring (bicyclic) bond motifs is 4. The summed E-state index contributed by atoms with van der Waals surface area (Å²) in [6, 6.07) is 7.17. The lowest BCUT2D eigenvalue weighted by molar-refractivity contribution is -0.270. The molecule has 5 aliphatic rings. The third-order valence-electron chi connectivity index (χ3n) is 10.8. The normalized spacial score (nSPS) is 30.9. The molecule has 1 amide bonds. The molecule has 18 heteroatoms. The van der Waals surface area contributed by atoms with Gasteiger partial charge in [0.15, 0.2) is 29.3 Å². The highest BCUT2D eigenvalue weighted by atomic mass is 35.5. The Kier molecular flexibility index (Phi) is 13.3. The molecule has 7 rings (SSSR count). The van der Waals surface area contributed by atoms with Crippen LogP contribution in [-0.4, -0.2) is 112 Å². The number of rotatable bonds is 13. The third-order valence-corrected chi connectivity index (χ3v) is 13.4. The van der Waals surface area contributed by atoms with Crippen molar-refractivity contribution in [3.8, 4) is 28.7 Å². The van der Waals surface area contributed by atoms with Crippen LogP contribution in [0.3, 0.4) is 0 Å². The molecule has 3 aliphatic heterocycles. The zero-order chi connectivity index (χ0) is 38.6. The van der Waals surface area contributed by atoms with E-state index in [1.54, 1.807) is 40.6 Å². The highest BCUT2D eigenvalue weighted by molar-refractivity contribution is 8.76. The predicted octanol–water partition coefficient (Wildman–Crippen LogP) is 4.29. The number of esters is 1. The largest absolute Gasteiger partial charge is 0.493 e. The van der Waals surface area contributed by atoms with Gasteiger partial charge in [0.2, 0.25) is 12.5 Å². The smallest absolute Gasteiger partial charge is 0.412 e. The Hall–Kier alpha value is -2.87. The van der Waals surface area contributed by atoms with Gasteiger partial charge in [0.05, 0.1) is 51.7 Å². The zero-order valence-electron chi connectivity index (χ0n) is 30.7. The van der Waals surface area contributed by atoms with Gasteiger partial charge in [-0.1, -0.05) is 28.0 Å². The van der Waals surface area contributed by atoms with Gasteiger partial charge in [-0.05, 0) is 72.5 Å². The fraction of sp³-hybridized carbons (Fsp3) is 0.622. The topological polar surface area (TPSA) is 182 Å². The fourth-order valence-corrected chi connectivity index (χ4v) is 10.2. The predicted molar refractivity (Wildman–Crippen MR) is 202 cm³/mol. The van der Waals surface area contributed by atoms with Crippen LogP contribution < -0.4 is 33.8 Å². The van der Waals surface area contributed by atoms with Gasteiger partial charge in [-0.2, -0.15) is 0 Å². The summed E-state index contributed by atoms with van der Waals surface area (Å²) in [5, 5.41) is 25.8. The van der Waals surface area contributed by atoms with E-state index >= 15 is 0 Å². The van der Waals surface area contributed by atoms with Crippen LogP contribution in [0.4, 0.5) is 4.79 Å². The molecule has 1 saturated carbocycles. The number of carbonyl (C=O) groups is 2. The average molecular weight is 827 g/mol. The highest BCUT2D eigenvalue weighted by Gasteiger charge is 2.54. The number of hydrogen-bond donors (Lipinski definition) is 4. The third kappa shape index (κ3) is 8.55. The van der Waals surface area contributed by atoms with Crippen LogP contribution in [0.1, 0.15) is 54.9 Å². The Morgan fingerprint density at radius 2 is 1.65 bits per heavy atom. The van der Waals surface area contributed by atoms with Crippen LogP contribution >= 0.6 is 33.4 Å². The summed E-state index contributed by atoms with van der Waals surface area (Å²) in [5.74, 6) is 0.771. The van der Waals surface area contributed by atoms with E-state index in [-0.39, 0.29) is 36.6 Å². The highest BCUT2D eigenvalue weighted by Crippen LogP contribution is 2.57. The zero-order valence-corrected chi connectivity index (χ0v) is 33.1. The van der Waals surface area contributed by atoms with Crippen molar-refractivity contribution in [2.24, 2.45) is 17.8 Å². The molecule has 3 fully saturated rings. The minimum Gasteiger partial charge on any atom is -0.493 e. The number of aliphatic hydroxyl groups is 2. The number of benzene rings is 2. The molecule has 2 aromatic rings. The van der Waals surface area contributed by atoms with Crippen molar-refractivity contribution in [1.82, 2.24) is 10.2 Å². The van der Waals surface area contributed by atoms with Crippen LogP contribution in [0.2, 0.25) is 0 Å². The van der Waals surface area contributed by atoms with Crippen molar-refractivity contribution in [2.45, 2.75) is 68.9 Å². The van der Waals surface area contributed by atoms with Crippen molar-refractivity contribution in [3.63, 3.8) is 0 Å². The molecule has 2 aliphatic carbocycles. The molecule has 302 valence electrons. The summed E-state index contributed by atoms with van der Waals surface area (Å²) in [5.41, 5.74) is 2.11. The SMILES string of the molecule is COc1cc([C@@H]2c3cc4c(cc3[C@@H](OC3CCCC5COC(C)OC5C(O)C3O)[C@H]3COC(=O)[C@H]23)OCO4)cc(OC)c1OC(=O)NCCSSCCNCl. The van der Waals surface area contributed by atoms with Crippen molar-refractivity contribution in [2.75, 3.05) is 58.8 Å². The number of amides is 1. The molecule has 0 bridgehead atoms. The molecule has 2 saturated heterocycles. The van der Waals surface area contributed by atoms with E-state index in [4.69, 9.17) is 54.4 Å². The average Bonchev–Trinajstić information content (AvgIpc) is 3.81. The molecule has 10 atom stereocenters. The van der Waals surface area contributed by atoms with Crippen LogP contribution in [0.5, 0.6) is 28.7 Å². The second-order valence-corrected chi connectivity index (χ2v) is 17.0. The first-order chi connectivity index (χ1) is 26.7. The maximum atomic E-state index is 13.8. The molecule has 3 heterocycles. The van der Waals surface area contributed by atoms with E-state index in [0.717, 1.165) is 23.3 Å². The molecule has 55 heavy (non-hydrogen) atoms. The Balaban J connectivity index is 1.19.